The van der Waals surface area contributed by atoms with Crippen LogP contribution in [0.4, 0.5) is 0 Å². The molecule has 128 valence electrons. The molecule has 24 heavy (non-hydrogen) atoms. The van der Waals surface area contributed by atoms with Crippen LogP contribution in [-0.4, -0.2) is 36.8 Å². The maximum absolute atomic E-state index is 10.6. The highest BCUT2D eigenvalue weighted by atomic mass is 16.5. The van der Waals surface area contributed by atoms with E-state index in [1.165, 1.54) is 5.56 Å². The number of aliphatic hydroxyl groups is 1. The quantitative estimate of drug-likeness (QED) is 0.879. The number of nitrogens with zero attached hydrogens (tertiary/aromatic N) is 1. The van der Waals surface area contributed by atoms with Crippen molar-refractivity contribution in [3.05, 3.63) is 65.7 Å². The van der Waals surface area contributed by atoms with Crippen molar-refractivity contribution in [2.75, 3.05) is 26.7 Å². The zero-order valence-corrected chi connectivity index (χ0v) is 14.4. The normalized spacial score (nSPS) is 17.6. The molecule has 3 nitrogen and oxygen atoms in total. The number of aliphatic hydroxyl groups excluding tert-OH is 1. The van der Waals surface area contributed by atoms with E-state index < -0.39 is 0 Å². The van der Waals surface area contributed by atoms with Gasteiger partial charge in [-0.15, -0.1) is 0 Å². The first-order valence-electron chi connectivity index (χ1n) is 8.84. The summed E-state index contributed by atoms with van der Waals surface area (Å²) in [5.74, 6) is 1.19. The summed E-state index contributed by atoms with van der Waals surface area (Å²) in [5.41, 5.74) is 2.40. The Morgan fingerprint density at radius 2 is 1.71 bits per heavy atom. The molecule has 0 saturated carbocycles. The van der Waals surface area contributed by atoms with Gasteiger partial charge < -0.3 is 14.7 Å². The topological polar surface area (TPSA) is 32.7 Å². The minimum atomic E-state index is -0.368. The summed E-state index contributed by atoms with van der Waals surface area (Å²) in [4.78, 5) is 2.52. The van der Waals surface area contributed by atoms with E-state index >= 15 is 0 Å². The summed E-state index contributed by atoms with van der Waals surface area (Å²) < 4.78 is 5.18. The van der Waals surface area contributed by atoms with Crippen LogP contribution in [0, 0.1) is 5.92 Å². The fourth-order valence-electron chi connectivity index (χ4n) is 3.50. The summed E-state index contributed by atoms with van der Waals surface area (Å²) in [6, 6.07) is 18.5. The minimum Gasteiger partial charge on any atom is -0.497 e. The largest absolute Gasteiger partial charge is 0.497 e. The molecule has 1 atom stereocenters. The van der Waals surface area contributed by atoms with Crippen LogP contribution >= 0.6 is 0 Å². The van der Waals surface area contributed by atoms with Crippen molar-refractivity contribution in [1.29, 1.82) is 0 Å². The fraction of sp³-hybridized carbons (Fsp3) is 0.429. The summed E-state index contributed by atoms with van der Waals surface area (Å²) in [6.07, 6.45) is 2.85. The van der Waals surface area contributed by atoms with E-state index in [0.29, 0.717) is 5.92 Å². The standard InChI is InChI=1S/C21H27NO2/c1-24-20-9-7-18(8-10-20)21(23)19-12-15-22(16-13-19)14-11-17-5-3-2-4-6-17/h2-10,19,21,23H,11-16H2,1H3. The summed E-state index contributed by atoms with van der Waals surface area (Å²) in [6.45, 7) is 3.25. The Bertz CT molecular complexity index is 603. The summed E-state index contributed by atoms with van der Waals surface area (Å²) in [7, 11) is 1.66. The van der Waals surface area contributed by atoms with Gasteiger partial charge in [0.25, 0.3) is 0 Å². The first-order chi connectivity index (χ1) is 11.8. The van der Waals surface area contributed by atoms with Gasteiger partial charge in [0.1, 0.15) is 5.75 Å². The van der Waals surface area contributed by atoms with Gasteiger partial charge in [0.05, 0.1) is 13.2 Å². The Morgan fingerprint density at radius 3 is 2.33 bits per heavy atom. The molecule has 1 aliphatic rings. The van der Waals surface area contributed by atoms with Gasteiger partial charge >= 0.3 is 0 Å². The molecule has 0 aliphatic carbocycles. The Labute approximate surface area is 144 Å². The zero-order chi connectivity index (χ0) is 16.8. The number of methoxy groups -OCH3 is 1. The number of likely N-dealkylation sites (tertiary alicyclic amines) is 1. The highest BCUT2D eigenvalue weighted by molar-refractivity contribution is 5.28. The second-order valence-corrected chi connectivity index (χ2v) is 6.63. The van der Waals surface area contributed by atoms with Gasteiger partial charge in [-0.2, -0.15) is 0 Å². The lowest BCUT2D eigenvalue weighted by molar-refractivity contribution is 0.0592. The fourth-order valence-corrected chi connectivity index (χ4v) is 3.50. The number of hydrogen-bond donors (Lipinski definition) is 1. The van der Waals surface area contributed by atoms with E-state index in [2.05, 4.69) is 35.2 Å². The third-order valence-corrected chi connectivity index (χ3v) is 5.10. The Hall–Kier alpha value is -1.84. The highest BCUT2D eigenvalue weighted by Gasteiger charge is 2.26. The van der Waals surface area contributed by atoms with E-state index in [1.807, 2.05) is 24.3 Å². The number of ether oxygens (including phenoxy) is 1. The number of piperidine rings is 1. The van der Waals surface area contributed by atoms with Crippen molar-refractivity contribution in [2.45, 2.75) is 25.4 Å². The highest BCUT2D eigenvalue weighted by Crippen LogP contribution is 2.31. The van der Waals surface area contributed by atoms with Gasteiger partial charge in [0.15, 0.2) is 0 Å². The monoisotopic (exact) mass is 325 g/mol. The molecule has 3 rings (SSSR count). The van der Waals surface area contributed by atoms with Crippen LogP contribution in [0.15, 0.2) is 54.6 Å². The number of hydrogen-bond acceptors (Lipinski definition) is 3. The molecule has 0 radical (unpaired) electrons. The third-order valence-electron chi connectivity index (χ3n) is 5.10. The van der Waals surface area contributed by atoms with Crippen LogP contribution in [0.2, 0.25) is 0 Å². The molecule has 1 aliphatic heterocycles. The molecule has 0 amide bonds. The van der Waals surface area contributed by atoms with Crippen LogP contribution in [-0.2, 0) is 6.42 Å². The van der Waals surface area contributed by atoms with E-state index in [-0.39, 0.29) is 6.10 Å². The van der Waals surface area contributed by atoms with Gasteiger partial charge in [-0.1, -0.05) is 42.5 Å². The van der Waals surface area contributed by atoms with E-state index in [1.54, 1.807) is 7.11 Å². The van der Waals surface area contributed by atoms with Crippen LogP contribution in [0.5, 0.6) is 5.75 Å². The molecule has 0 bridgehead atoms. The third kappa shape index (κ3) is 4.37. The molecule has 2 aromatic carbocycles. The Kier molecular flexibility index (Phi) is 5.89. The zero-order valence-electron chi connectivity index (χ0n) is 14.4. The SMILES string of the molecule is COc1ccc(C(O)C2CCN(CCc3ccccc3)CC2)cc1. The number of rotatable bonds is 6. The van der Waals surface area contributed by atoms with Crippen LogP contribution < -0.4 is 4.74 Å². The molecule has 1 fully saturated rings. The van der Waals surface area contributed by atoms with Gasteiger partial charge in [0.2, 0.25) is 0 Å². The van der Waals surface area contributed by atoms with Crippen LogP contribution in [0.3, 0.4) is 0 Å². The first kappa shape index (κ1) is 17.0. The maximum atomic E-state index is 10.6. The Balaban J connectivity index is 1.47. The Morgan fingerprint density at radius 1 is 1.04 bits per heavy atom. The average molecular weight is 325 g/mol. The van der Waals surface area contributed by atoms with E-state index in [4.69, 9.17) is 4.74 Å². The van der Waals surface area contributed by atoms with Crippen molar-refractivity contribution in [3.63, 3.8) is 0 Å². The summed E-state index contributed by atoms with van der Waals surface area (Å²) >= 11 is 0. The van der Waals surface area contributed by atoms with Gasteiger partial charge in [0, 0.05) is 6.54 Å². The van der Waals surface area contributed by atoms with Gasteiger partial charge in [-0.3, -0.25) is 0 Å². The van der Waals surface area contributed by atoms with Crippen molar-refractivity contribution in [3.8, 4) is 5.75 Å². The minimum absolute atomic E-state index is 0.353. The summed E-state index contributed by atoms with van der Waals surface area (Å²) in [5, 5.41) is 10.6. The molecular weight excluding hydrogens is 298 g/mol. The lowest BCUT2D eigenvalue weighted by atomic mass is 9.87. The smallest absolute Gasteiger partial charge is 0.118 e. The maximum Gasteiger partial charge on any atom is 0.118 e. The van der Waals surface area contributed by atoms with E-state index in [0.717, 1.165) is 50.2 Å². The molecule has 1 saturated heterocycles. The molecule has 0 aromatic heterocycles. The molecule has 0 spiro atoms. The predicted molar refractivity (Wildman–Crippen MR) is 97.3 cm³/mol. The second-order valence-electron chi connectivity index (χ2n) is 6.63. The number of benzene rings is 2. The molecular formula is C21H27NO2. The van der Waals surface area contributed by atoms with Crippen molar-refractivity contribution in [2.24, 2.45) is 5.92 Å². The van der Waals surface area contributed by atoms with Gasteiger partial charge in [-0.05, 0) is 61.5 Å². The molecule has 2 aromatic rings. The van der Waals surface area contributed by atoms with E-state index in [9.17, 15) is 5.11 Å². The predicted octanol–water partition coefficient (Wildman–Crippen LogP) is 3.68. The van der Waals surface area contributed by atoms with Crippen molar-refractivity contribution >= 4 is 0 Å². The van der Waals surface area contributed by atoms with Gasteiger partial charge in [-0.25, -0.2) is 0 Å². The molecule has 3 heteroatoms. The molecule has 1 unspecified atom stereocenters. The first-order valence-corrected chi connectivity index (χ1v) is 8.84. The lowest BCUT2D eigenvalue weighted by Gasteiger charge is -2.34. The second kappa shape index (κ2) is 8.32. The molecule has 1 heterocycles. The van der Waals surface area contributed by atoms with Crippen LogP contribution in [0.25, 0.3) is 0 Å². The van der Waals surface area contributed by atoms with Crippen molar-refractivity contribution < 1.29 is 9.84 Å². The molecule has 1 N–H and O–H groups in total. The van der Waals surface area contributed by atoms with Crippen LogP contribution in [0.1, 0.15) is 30.1 Å². The average Bonchev–Trinajstić information content (AvgIpc) is 2.67. The van der Waals surface area contributed by atoms with Crippen molar-refractivity contribution in [1.82, 2.24) is 4.90 Å². The lowest BCUT2D eigenvalue weighted by Crippen LogP contribution is -2.36.